The number of hydrazine groups is 1. The Bertz CT molecular complexity index is 1070. The maximum absolute atomic E-state index is 14.1. The molecule has 0 aliphatic carbocycles. The Hall–Kier alpha value is -2.95. The lowest BCUT2D eigenvalue weighted by atomic mass is 9.95. The second kappa shape index (κ2) is 7.71. The molecule has 2 atom stereocenters. The first-order valence-electron chi connectivity index (χ1n) is 8.68. The van der Waals surface area contributed by atoms with Crippen LogP contribution in [0.5, 0.6) is 0 Å². The van der Waals surface area contributed by atoms with Crippen molar-refractivity contribution in [1.29, 1.82) is 0 Å². The summed E-state index contributed by atoms with van der Waals surface area (Å²) in [6.07, 6.45) is 0.821. The molecule has 2 unspecified atom stereocenters. The third-order valence-corrected chi connectivity index (χ3v) is 4.70. The molecule has 2 aliphatic heterocycles. The first kappa shape index (κ1) is 20.3. The van der Waals surface area contributed by atoms with Gasteiger partial charge in [0.15, 0.2) is 0 Å². The predicted octanol–water partition coefficient (Wildman–Crippen LogP) is 3.92. The number of aliphatic hydroxyl groups is 1. The van der Waals surface area contributed by atoms with Crippen LogP contribution >= 0.6 is 11.6 Å². The van der Waals surface area contributed by atoms with Crippen molar-refractivity contribution in [2.24, 2.45) is 0 Å². The topological polar surface area (TPSA) is 73.3 Å². The number of aliphatic hydroxyl groups excluding tert-OH is 1. The summed E-state index contributed by atoms with van der Waals surface area (Å²) >= 11 is 5.93. The zero-order valence-electron chi connectivity index (χ0n) is 15.0. The standard InChI is InChI=1S/C19H14ClF4N5O/c20-18-25-7-6-12(27-18)15-14-3-1-2-8-29(14)28-16(15)10-4-5-11(21)13(9-10)26-17(30)19(22,23)24/h1-9,16-17,26,28,30H. The Morgan fingerprint density at radius 3 is 2.77 bits per heavy atom. The zero-order chi connectivity index (χ0) is 21.5. The van der Waals surface area contributed by atoms with E-state index < -0.39 is 30.0 Å². The maximum Gasteiger partial charge on any atom is 0.433 e. The summed E-state index contributed by atoms with van der Waals surface area (Å²) in [4.78, 5) is 8.10. The highest BCUT2D eigenvalue weighted by Gasteiger charge is 2.39. The van der Waals surface area contributed by atoms with E-state index in [4.69, 9.17) is 11.6 Å². The molecule has 11 heteroatoms. The van der Waals surface area contributed by atoms with Gasteiger partial charge in [-0.3, -0.25) is 5.01 Å². The highest BCUT2D eigenvalue weighted by Crippen LogP contribution is 2.41. The molecule has 0 saturated carbocycles. The number of fused-ring (bicyclic) bond motifs is 1. The number of benzene rings is 1. The smallest absolute Gasteiger partial charge is 0.366 e. The van der Waals surface area contributed by atoms with Crippen molar-refractivity contribution in [3.05, 3.63) is 82.9 Å². The number of anilines is 1. The third-order valence-electron chi connectivity index (χ3n) is 4.52. The van der Waals surface area contributed by atoms with Crippen molar-refractivity contribution in [1.82, 2.24) is 20.4 Å². The highest BCUT2D eigenvalue weighted by molar-refractivity contribution is 6.28. The van der Waals surface area contributed by atoms with Crippen molar-refractivity contribution in [2.75, 3.05) is 5.32 Å². The van der Waals surface area contributed by atoms with Crippen LogP contribution in [0.4, 0.5) is 23.2 Å². The molecule has 3 N–H and O–H groups in total. The molecular formula is C19H14ClF4N5O. The van der Waals surface area contributed by atoms with E-state index in [9.17, 15) is 22.7 Å². The molecule has 0 bridgehead atoms. The molecule has 4 rings (SSSR count). The molecule has 0 radical (unpaired) electrons. The van der Waals surface area contributed by atoms with Crippen LogP contribution in [0.2, 0.25) is 5.28 Å². The number of hydrogen-bond donors (Lipinski definition) is 3. The molecule has 6 nitrogen and oxygen atoms in total. The van der Waals surface area contributed by atoms with E-state index in [1.165, 1.54) is 18.3 Å². The first-order chi connectivity index (χ1) is 14.2. The summed E-state index contributed by atoms with van der Waals surface area (Å²) in [6.45, 7) is 0. The van der Waals surface area contributed by atoms with Gasteiger partial charge in [-0.05, 0) is 47.5 Å². The second-order valence-corrected chi connectivity index (χ2v) is 6.81. The Kier molecular flexibility index (Phi) is 5.22. The van der Waals surface area contributed by atoms with E-state index in [0.717, 1.165) is 11.8 Å². The second-order valence-electron chi connectivity index (χ2n) is 6.47. The van der Waals surface area contributed by atoms with Gasteiger partial charge in [-0.2, -0.15) is 13.2 Å². The van der Waals surface area contributed by atoms with Crippen molar-refractivity contribution in [3.63, 3.8) is 0 Å². The Balaban J connectivity index is 1.76. The predicted molar refractivity (Wildman–Crippen MR) is 102 cm³/mol. The van der Waals surface area contributed by atoms with E-state index in [1.54, 1.807) is 28.7 Å². The van der Waals surface area contributed by atoms with Gasteiger partial charge in [0.1, 0.15) is 5.82 Å². The van der Waals surface area contributed by atoms with Crippen molar-refractivity contribution < 1.29 is 22.7 Å². The van der Waals surface area contributed by atoms with Gasteiger partial charge in [-0.1, -0.05) is 12.1 Å². The highest BCUT2D eigenvalue weighted by atomic mass is 35.5. The quantitative estimate of drug-likeness (QED) is 0.381. The third kappa shape index (κ3) is 3.89. The molecular weight excluding hydrogens is 426 g/mol. The molecule has 30 heavy (non-hydrogen) atoms. The molecule has 0 amide bonds. The van der Waals surface area contributed by atoms with Gasteiger partial charge < -0.3 is 10.4 Å². The monoisotopic (exact) mass is 439 g/mol. The number of rotatable bonds is 4. The van der Waals surface area contributed by atoms with Gasteiger partial charge in [-0.25, -0.2) is 19.8 Å². The lowest BCUT2D eigenvalue weighted by Crippen LogP contribution is -2.36. The van der Waals surface area contributed by atoms with E-state index in [0.29, 0.717) is 16.8 Å². The molecule has 2 aliphatic rings. The number of nitrogens with one attached hydrogen (secondary N) is 2. The van der Waals surface area contributed by atoms with E-state index in [2.05, 4.69) is 15.4 Å². The molecule has 1 aromatic carbocycles. The van der Waals surface area contributed by atoms with E-state index >= 15 is 0 Å². The van der Waals surface area contributed by atoms with Gasteiger partial charge in [0.05, 0.1) is 23.1 Å². The van der Waals surface area contributed by atoms with Crippen LogP contribution in [-0.2, 0) is 0 Å². The molecule has 156 valence electrons. The van der Waals surface area contributed by atoms with Crippen LogP contribution in [0, 0.1) is 5.82 Å². The minimum atomic E-state index is -4.95. The van der Waals surface area contributed by atoms with Gasteiger partial charge in [0, 0.05) is 18.0 Å². The Labute approximate surface area is 173 Å². The van der Waals surface area contributed by atoms with E-state index in [1.807, 2.05) is 12.2 Å². The van der Waals surface area contributed by atoms with Gasteiger partial charge in [0.2, 0.25) is 11.5 Å². The Morgan fingerprint density at radius 1 is 1.23 bits per heavy atom. The summed E-state index contributed by atoms with van der Waals surface area (Å²) in [6, 6.07) is 4.74. The molecule has 0 spiro atoms. The van der Waals surface area contributed by atoms with E-state index in [-0.39, 0.29) is 5.28 Å². The Morgan fingerprint density at radius 2 is 2.03 bits per heavy atom. The minimum absolute atomic E-state index is 0.0305. The summed E-state index contributed by atoms with van der Waals surface area (Å²) in [7, 11) is 0. The van der Waals surface area contributed by atoms with Crippen molar-refractivity contribution >= 4 is 22.9 Å². The molecule has 0 saturated heterocycles. The summed E-state index contributed by atoms with van der Waals surface area (Å²) in [5.74, 6) is -0.933. The van der Waals surface area contributed by atoms with Crippen molar-refractivity contribution in [2.45, 2.75) is 18.4 Å². The maximum atomic E-state index is 14.1. The van der Waals surface area contributed by atoms with Crippen molar-refractivity contribution in [3.8, 4) is 0 Å². The molecule has 1 aromatic heterocycles. The lowest BCUT2D eigenvalue weighted by Gasteiger charge is -2.21. The molecule has 0 fully saturated rings. The summed E-state index contributed by atoms with van der Waals surface area (Å²) in [5, 5.41) is 12.8. The number of allylic oxidation sites excluding steroid dienone is 3. The number of hydrogen-bond acceptors (Lipinski definition) is 6. The average molecular weight is 440 g/mol. The van der Waals surface area contributed by atoms with Crippen LogP contribution in [0.3, 0.4) is 0 Å². The minimum Gasteiger partial charge on any atom is -0.366 e. The fourth-order valence-electron chi connectivity index (χ4n) is 3.19. The lowest BCUT2D eigenvalue weighted by molar-refractivity contribution is -0.194. The van der Waals surface area contributed by atoms with Gasteiger partial charge in [0.25, 0.3) is 0 Å². The number of alkyl halides is 3. The zero-order valence-corrected chi connectivity index (χ0v) is 15.8. The van der Waals surface area contributed by atoms with Crippen LogP contribution in [0.25, 0.3) is 5.57 Å². The fourth-order valence-corrected chi connectivity index (χ4v) is 3.34. The number of halogens is 5. The largest absolute Gasteiger partial charge is 0.433 e. The summed E-state index contributed by atoms with van der Waals surface area (Å²) < 4.78 is 52.2. The normalized spacial score (nSPS) is 19.3. The number of aromatic nitrogens is 2. The molecule has 3 heterocycles. The number of nitrogens with zero attached hydrogens (tertiary/aromatic N) is 3. The van der Waals surface area contributed by atoms with Crippen LogP contribution < -0.4 is 10.7 Å². The SMILES string of the molecule is OC(Nc1cc(C2NN3C=CC=CC3=C2c2ccnc(Cl)n2)ccc1F)C(F)(F)F. The average Bonchev–Trinajstić information content (AvgIpc) is 3.08. The van der Waals surface area contributed by atoms with Crippen LogP contribution in [0.15, 0.2) is 60.6 Å². The first-order valence-corrected chi connectivity index (χ1v) is 9.06. The summed E-state index contributed by atoms with van der Waals surface area (Å²) in [5.41, 5.74) is 5.07. The molecule has 2 aromatic rings. The van der Waals surface area contributed by atoms with Gasteiger partial charge >= 0.3 is 6.18 Å². The van der Waals surface area contributed by atoms with Gasteiger partial charge in [-0.15, -0.1) is 0 Å². The van der Waals surface area contributed by atoms with Crippen LogP contribution in [-0.4, -0.2) is 32.5 Å². The van der Waals surface area contributed by atoms with Crippen LogP contribution in [0.1, 0.15) is 17.3 Å². The fraction of sp³-hybridized carbons (Fsp3) is 0.158.